The summed E-state index contributed by atoms with van der Waals surface area (Å²) in [6, 6.07) is 4.83. The lowest BCUT2D eigenvalue weighted by Gasteiger charge is -2.33. The maximum absolute atomic E-state index is 13.3. The Morgan fingerprint density at radius 3 is 2.21 bits per heavy atom. The van der Waals surface area contributed by atoms with Gasteiger partial charge in [-0.25, -0.2) is 9.18 Å². The second-order valence-corrected chi connectivity index (χ2v) is 9.26. The maximum Gasteiger partial charge on any atom is 0.325 e. The van der Waals surface area contributed by atoms with Crippen molar-refractivity contribution >= 4 is 17.8 Å². The summed E-state index contributed by atoms with van der Waals surface area (Å²) in [6.07, 6.45) is 1.03. The van der Waals surface area contributed by atoms with Crippen LogP contribution in [0.2, 0.25) is 0 Å². The van der Waals surface area contributed by atoms with Crippen molar-refractivity contribution in [3.8, 4) is 0 Å². The number of benzene rings is 1. The van der Waals surface area contributed by atoms with Gasteiger partial charge in [-0.2, -0.15) is 0 Å². The molecule has 28 heavy (non-hydrogen) atoms. The quantitative estimate of drug-likeness (QED) is 0.730. The number of hydrogen-bond acceptors (Lipinski definition) is 3. The fourth-order valence-electron chi connectivity index (χ4n) is 4.07. The number of rotatable bonds is 6. The fourth-order valence-corrected chi connectivity index (χ4v) is 4.07. The number of imide groups is 1. The van der Waals surface area contributed by atoms with Gasteiger partial charge in [0.1, 0.15) is 17.9 Å². The lowest BCUT2D eigenvalue weighted by molar-refractivity contribution is -0.136. The minimum Gasteiger partial charge on any atom is -0.350 e. The zero-order valence-corrected chi connectivity index (χ0v) is 17.5. The summed E-state index contributed by atoms with van der Waals surface area (Å²) in [5, 5.41) is 5.61. The fraction of sp³-hybridized carbons (Fsp3) is 0.571. The Labute approximate surface area is 165 Å². The van der Waals surface area contributed by atoms with Crippen molar-refractivity contribution in [2.75, 3.05) is 6.54 Å². The van der Waals surface area contributed by atoms with Gasteiger partial charge in [0.2, 0.25) is 5.91 Å². The first-order valence-electron chi connectivity index (χ1n) is 9.51. The van der Waals surface area contributed by atoms with Gasteiger partial charge in [0.05, 0.1) is 0 Å². The molecule has 0 bridgehead atoms. The van der Waals surface area contributed by atoms with Crippen LogP contribution in [0.1, 0.15) is 59.9 Å². The van der Waals surface area contributed by atoms with Gasteiger partial charge in [0.15, 0.2) is 0 Å². The van der Waals surface area contributed by atoms with E-state index in [4.69, 9.17) is 0 Å². The normalized spacial score (nSPS) is 20.3. The summed E-state index contributed by atoms with van der Waals surface area (Å²) in [5.41, 5.74) is -1.26. The SMILES string of the molecule is CC[C@@]1(c2ccc(F)cc2)NC(=O)N(CC(=O)NC(C)(C)CC(C)(C)C)C1=O. The van der Waals surface area contributed by atoms with E-state index in [9.17, 15) is 18.8 Å². The van der Waals surface area contributed by atoms with E-state index in [2.05, 4.69) is 31.4 Å². The van der Waals surface area contributed by atoms with Gasteiger partial charge in [-0.3, -0.25) is 14.5 Å². The highest BCUT2D eigenvalue weighted by Crippen LogP contribution is 2.32. The summed E-state index contributed by atoms with van der Waals surface area (Å²) in [5.74, 6) is -1.33. The van der Waals surface area contributed by atoms with Crippen LogP contribution in [0, 0.1) is 11.2 Å². The van der Waals surface area contributed by atoms with Crippen molar-refractivity contribution in [1.82, 2.24) is 15.5 Å². The first-order valence-corrected chi connectivity index (χ1v) is 9.51. The van der Waals surface area contributed by atoms with Crippen molar-refractivity contribution in [1.29, 1.82) is 0 Å². The van der Waals surface area contributed by atoms with Crippen LogP contribution in [0.4, 0.5) is 9.18 Å². The van der Waals surface area contributed by atoms with Gasteiger partial charge in [-0.1, -0.05) is 39.8 Å². The second kappa shape index (κ2) is 7.53. The zero-order valence-electron chi connectivity index (χ0n) is 17.5. The van der Waals surface area contributed by atoms with E-state index in [-0.39, 0.29) is 18.4 Å². The van der Waals surface area contributed by atoms with E-state index < -0.39 is 34.7 Å². The van der Waals surface area contributed by atoms with E-state index in [0.29, 0.717) is 5.56 Å². The number of amides is 4. The van der Waals surface area contributed by atoms with Crippen molar-refractivity contribution in [3.05, 3.63) is 35.6 Å². The summed E-state index contributed by atoms with van der Waals surface area (Å²) >= 11 is 0. The van der Waals surface area contributed by atoms with Crippen molar-refractivity contribution in [2.24, 2.45) is 5.41 Å². The molecule has 0 spiro atoms. The summed E-state index contributed by atoms with van der Waals surface area (Å²) < 4.78 is 13.3. The summed E-state index contributed by atoms with van der Waals surface area (Å²) in [6.45, 7) is 11.5. The van der Waals surface area contributed by atoms with Crippen molar-refractivity contribution in [2.45, 2.75) is 65.5 Å². The van der Waals surface area contributed by atoms with Gasteiger partial charge < -0.3 is 10.6 Å². The number of carbonyl (C=O) groups is 3. The third-order valence-corrected chi connectivity index (χ3v) is 4.79. The maximum atomic E-state index is 13.3. The average molecular weight is 391 g/mol. The van der Waals surface area contributed by atoms with Crippen LogP contribution in [0.15, 0.2) is 24.3 Å². The van der Waals surface area contributed by atoms with E-state index in [0.717, 1.165) is 11.3 Å². The predicted octanol–water partition coefficient (Wildman–Crippen LogP) is 3.31. The lowest BCUT2D eigenvalue weighted by atomic mass is 9.82. The van der Waals surface area contributed by atoms with Gasteiger partial charge >= 0.3 is 6.03 Å². The van der Waals surface area contributed by atoms with E-state index in [1.54, 1.807) is 6.92 Å². The molecule has 1 heterocycles. The Kier molecular flexibility index (Phi) is 5.87. The number of nitrogens with one attached hydrogen (secondary N) is 2. The van der Waals surface area contributed by atoms with Gasteiger partial charge in [-0.15, -0.1) is 0 Å². The van der Waals surface area contributed by atoms with Crippen LogP contribution in [0.3, 0.4) is 0 Å². The molecule has 7 heteroatoms. The molecule has 2 N–H and O–H groups in total. The molecule has 1 fully saturated rings. The number of hydrogen-bond donors (Lipinski definition) is 2. The Balaban J connectivity index is 2.17. The predicted molar refractivity (Wildman–Crippen MR) is 105 cm³/mol. The molecular formula is C21H30FN3O3. The Morgan fingerprint density at radius 1 is 1.14 bits per heavy atom. The molecule has 1 aromatic carbocycles. The molecule has 4 amide bonds. The first-order chi connectivity index (χ1) is 12.8. The third kappa shape index (κ3) is 4.69. The molecule has 1 aromatic rings. The molecule has 0 unspecified atom stereocenters. The standard InChI is InChI=1S/C21H30FN3O3/c1-7-21(14-8-10-15(22)11-9-14)17(27)25(18(28)24-21)12-16(26)23-20(5,6)13-19(2,3)4/h8-11H,7,12-13H2,1-6H3,(H,23,26)(H,24,28)/t21-/m0/s1. The van der Waals surface area contributed by atoms with Gasteiger partial charge in [0.25, 0.3) is 5.91 Å². The van der Waals surface area contributed by atoms with Crippen LogP contribution < -0.4 is 10.6 Å². The van der Waals surface area contributed by atoms with Crippen LogP contribution in [0.25, 0.3) is 0 Å². The number of carbonyl (C=O) groups excluding carboxylic acids is 3. The molecule has 1 atom stereocenters. The molecule has 0 radical (unpaired) electrons. The molecule has 0 aromatic heterocycles. The number of urea groups is 1. The smallest absolute Gasteiger partial charge is 0.325 e. The molecule has 6 nitrogen and oxygen atoms in total. The lowest BCUT2D eigenvalue weighted by Crippen LogP contribution is -2.50. The zero-order chi connectivity index (χ0) is 21.3. The highest BCUT2D eigenvalue weighted by atomic mass is 19.1. The minimum atomic E-state index is -1.29. The summed E-state index contributed by atoms with van der Waals surface area (Å²) in [4.78, 5) is 39.0. The Bertz CT molecular complexity index is 768. The van der Waals surface area contributed by atoms with Gasteiger partial charge in [0, 0.05) is 5.54 Å². The highest BCUT2D eigenvalue weighted by Gasteiger charge is 2.51. The van der Waals surface area contributed by atoms with E-state index >= 15 is 0 Å². The molecule has 1 saturated heterocycles. The van der Waals surface area contributed by atoms with Gasteiger partial charge in [-0.05, 0) is 49.8 Å². The van der Waals surface area contributed by atoms with Crippen molar-refractivity contribution in [3.63, 3.8) is 0 Å². The topological polar surface area (TPSA) is 78.5 Å². The molecule has 2 rings (SSSR count). The monoisotopic (exact) mass is 391 g/mol. The number of nitrogens with zero attached hydrogens (tertiary/aromatic N) is 1. The van der Waals surface area contributed by atoms with Crippen LogP contribution >= 0.6 is 0 Å². The van der Waals surface area contributed by atoms with Crippen LogP contribution in [-0.4, -0.2) is 34.8 Å². The summed E-state index contributed by atoms with van der Waals surface area (Å²) in [7, 11) is 0. The molecule has 1 aliphatic rings. The largest absolute Gasteiger partial charge is 0.350 e. The minimum absolute atomic E-state index is 0.0115. The van der Waals surface area contributed by atoms with E-state index in [1.165, 1.54) is 24.3 Å². The Morgan fingerprint density at radius 2 is 1.71 bits per heavy atom. The Hall–Kier alpha value is -2.44. The number of halogens is 1. The molecule has 0 aliphatic carbocycles. The van der Waals surface area contributed by atoms with E-state index in [1.807, 2.05) is 13.8 Å². The van der Waals surface area contributed by atoms with Crippen LogP contribution in [-0.2, 0) is 15.1 Å². The highest BCUT2D eigenvalue weighted by molar-refractivity contribution is 6.09. The first kappa shape index (κ1) is 21.9. The molecular weight excluding hydrogens is 361 g/mol. The molecule has 1 aliphatic heterocycles. The average Bonchev–Trinajstić information content (AvgIpc) is 2.77. The third-order valence-electron chi connectivity index (χ3n) is 4.79. The van der Waals surface area contributed by atoms with Crippen LogP contribution in [0.5, 0.6) is 0 Å². The second-order valence-electron chi connectivity index (χ2n) is 9.26. The molecule has 0 saturated carbocycles. The van der Waals surface area contributed by atoms with Crippen molar-refractivity contribution < 1.29 is 18.8 Å². The molecule has 154 valence electrons.